The number of nitrogens with zero attached hydrogens (tertiary/aromatic N) is 2. The zero-order valence-corrected chi connectivity index (χ0v) is 11.1. The summed E-state index contributed by atoms with van der Waals surface area (Å²) in [6.07, 6.45) is 3.80. The van der Waals surface area contributed by atoms with Crippen LogP contribution in [-0.4, -0.2) is 15.0 Å². The number of nitrogens with one attached hydrogen (secondary N) is 1. The average Bonchev–Trinajstić information content (AvgIpc) is 2.40. The number of rotatable bonds is 7. The fraction of sp³-hybridized carbons (Fsp3) is 0.583. The highest BCUT2D eigenvalue weighted by molar-refractivity contribution is 5.74. The summed E-state index contributed by atoms with van der Waals surface area (Å²) in [6, 6.07) is 1.39. The zero-order chi connectivity index (χ0) is 14.3. The van der Waals surface area contributed by atoms with E-state index >= 15 is 0 Å². The highest BCUT2D eigenvalue weighted by Crippen LogP contribution is 1.96. The number of aryl methyl sites for hydroxylation is 1. The van der Waals surface area contributed by atoms with Crippen LogP contribution in [0.2, 0.25) is 0 Å². The molecule has 1 heterocycles. The fourth-order valence-electron chi connectivity index (χ4n) is 1.80. The quantitative estimate of drug-likeness (QED) is 0.303. The molecule has 1 aromatic heterocycles. The zero-order valence-electron chi connectivity index (χ0n) is 11.1. The standard InChI is InChI=1S/C12H20N4O3/c1-2-7-15-9-6-11(18)16(12(15)19)8-4-3-5-10(17)14-13/h6,9H,2-5,7-8,13H2,1H3,(H,14,17). The predicted octanol–water partition coefficient (Wildman–Crippen LogP) is -0.420. The average molecular weight is 268 g/mol. The van der Waals surface area contributed by atoms with Crippen LogP contribution in [0.3, 0.4) is 0 Å². The van der Waals surface area contributed by atoms with Gasteiger partial charge in [-0.15, -0.1) is 0 Å². The summed E-state index contributed by atoms with van der Waals surface area (Å²) in [5, 5.41) is 0. The Labute approximate surface area is 111 Å². The van der Waals surface area contributed by atoms with Crippen LogP contribution >= 0.6 is 0 Å². The lowest BCUT2D eigenvalue weighted by Crippen LogP contribution is -2.39. The summed E-state index contributed by atoms with van der Waals surface area (Å²) in [5.41, 5.74) is 1.44. The maximum Gasteiger partial charge on any atom is 0.330 e. The van der Waals surface area contributed by atoms with E-state index < -0.39 is 0 Å². The summed E-state index contributed by atoms with van der Waals surface area (Å²) in [4.78, 5) is 34.5. The van der Waals surface area contributed by atoms with Crippen molar-refractivity contribution in [2.75, 3.05) is 0 Å². The Morgan fingerprint density at radius 1 is 1.32 bits per heavy atom. The summed E-state index contributed by atoms with van der Waals surface area (Å²) in [7, 11) is 0. The van der Waals surface area contributed by atoms with Crippen molar-refractivity contribution in [2.45, 2.75) is 45.7 Å². The molecule has 3 N–H and O–H groups in total. The number of hydrazine groups is 1. The lowest BCUT2D eigenvalue weighted by atomic mass is 10.2. The van der Waals surface area contributed by atoms with Gasteiger partial charge < -0.3 is 4.57 Å². The smallest absolute Gasteiger partial charge is 0.300 e. The van der Waals surface area contributed by atoms with E-state index in [2.05, 4.69) is 0 Å². The molecule has 0 unspecified atom stereocenters. The normalized spacial score (nSPS) is 10.4. The first-order chi connectivity index (χ1) is 9.10. The van der Waals surface area contributed by atoms with E-state index in [4.69, 9.17) is 5.84 Å². The maximum atomic E-state index is 12.0. The summed E-state index contributed by atoms with van der Waals surface area (Å²) < 4.78 is 2.73. The third kappa shape index (κ3) is 4.36. The van der Waals surface area contributed by atoms with E-state index in [1.165, 1.54) is 21.4 Å². The molecule has 0 saturated carbocycles. The van der Waals surface area contributed by atoms with E-state index in [-0.39, 0.29) is 17.2 Å². The molecule has 0 aromatic carbocycles. The van der Waals surface area contributed by atoms with Gasteiger partial charge in [-0.1, -0.05) is 6.92 Å². The van der Waals surface area contributed by atoms with Crippen LogP contribution in [0.25, 0.3) is 0 Å². The van der Waals surface area contributed by atoms with Crippen molar-refractivity contribution in [1.82, 2.24) is 14.6 Å². The molecular weight excluding hydrogens is 248 g/mol. The molecule has 0 fully saturated rings. The molecule has 1 aromatic rings. The van der Waals surface area contributed by atoms with E-state index in [1.54, 1.807) is 0 Å². The molecule has 0 aliphatic heterocycles. The molecule has 0 aliphatic rings. The highest BCUT2D eigenvalue weighted by atomic mass is 16.2. The van der Waals surface area contributed by atoms with Gasteiger partial charge in [0.15, 0.2) is 0 Å². The Morgan fingerprint density at radius 2 is 2.05 bits per heavy atom. The number of hydrogen-bond donors (Lipinski definition) is 2. The van der Waals surface area contributed by atoms with Crippen LogP contribution in [-0.2, 0) is 17.9 Å². The topological polar surface area (TPSA) is 99.1 Å². The first kappa shape index (κ1) is 15.2. The third-order valence-electron chi connectivity index (χ3n) is 2.80. The largest absolute Gasteiger partial charge is 0.330 e. The van der Waals surface area contributed by atoms with Gasteiger partial charge in [-0.3, -0.25) is 19.6 Å². The van der Waals surface area contributed by atoms with Crippen LogP contribution in [0.5, 0.6) is 0 Å². The second-order valence-corrected chi connectivity index (χ2v) is 4.31. The minimum atomic E-state index is -0.305. The Morgan fingerprint density at radius 3 is 2.68 bits per heavy atom. The molecule has 7 nitrogen and oxygen atoms in total. The number of hydrogen-bond acceptors (Lipinski definition) is 4. The van der Waals surface area contributed by atoms with Gasteiger partial charge in [-0.2, -0.15) is 0 Å². The first-order valence-electron chi connectivity index (χ1n) is 6.40. The Balaban J connectivity index is 2.67. The Hall–Kier alpha value is -1.89. The van der Waals surface area contributed by atoms with Gasteiger partial charge in [0.2, 0.25) is 5.91 Å². The molecule has 0 spiro atoms. The molecular formula is C12H20N4O3. The molecule has 0 aliphatic carbocycles. The van der Waals surface area contributed by atoms with Crippen LogP contribution in [0.4, 0.5) is 0 Å². The SMILES string of the molecule is CCCn1ccc(=O)n(CCCCC(=O)NN)c1=O. The van der Waals surface area contributed by atoms with Crippen molar-refractivity contribution in [3.05, 3.63) is 33.1 Å². The number of carbonyl (C=O) groups is 1. The summed E-state index contributed by atoms with van der Waals surface area (Å²) >= 11 is 0. The Kier molecular flexibility index (Phi) is 6.01. The van der Waals surface area contributed by atoms with Crippen molar-refractivity contribution in [3.63, 3.8) is 0 Å². The van der Waals surface area contributed by atoms with E-state index in [0.29, 0.717) is 32.4 Å². The molecule has 19 heavy (non-hydrogen) atoms. The van der Waals surface area contributed by atoms with E-state index in [1.807, 2.05) is 12.3 Å². The van der Waals surface area contributed by atoms with Crippen LogP contribution in [0, 0.1) is 0 Å². The second-order valence-electron chi connectivity index (χ2n) is 4.31. The van der Waals surface area contributed by atoms with Crippen molar-refractivity contribution in [3.8, 4) is 0 Å². The lowest BCUT2D eigenvalue weighted by Gasteiger charge is -2.08. The molecule has 106 valence electrons. The van der Waals surface area contributed by atoms with Gasteiger partial charge in [0.05, 0.1) is 0 Å². The van der Waals surface area contributed by atoms with Gasteiger partial charge in [-0.05, 0) is 19.3 Å². The number of carbonyl (C=O) groups excluding carboxylic acids is 1. The number of amides is 1. The molecule has 1 rings (SSSR count). The van der Waals surface area contributed by atoms with Gasteiger partial charge in [0.25, 0.3) is 5.56 Å². The third-order valence-corrected chi connectivity index (χ3v) is 2.80. The number of unbranched alkanes of at least 4 members (excludes halogenated alkanes) is 1. The van der Waals surface area contributed by atoms with Gasteiger partial charge >= 0.3 is 5.69 Å². The molecule has 0 bridgehead atoms. The van der Waals surface area contributed by atoms with Crippen LogP contribution in [0.15, 0.2) is 21.9 Å². The monoisotopic (exact) mass is 268 g/mol. The van der Waals surface area contributed by atoms with Crippen LogP contribution in [0.1, 0.15) is 32.6 Å². The van der Waals surface area contributed by atoms with Gasteiger partial charge in [0, 0.05) is 31.8 Å². The molecule has 0 atom stereocenters. The maximum absolute atomic E-state index is 12.0. The number of aromatic nitrogens is 2. The number of nitrogens with two attached hydrogens (primary N) is 1. The highest BCUT2D eigenvalue weighted by Gasteiger charge is 2.05. The first-order valence-corrected chi connectivity index (χ1v) is 6.40. The Bertz CT molecular complexity index is 533. The van der Waals surface area contributed by atoms with Crippen molar-refractivity contribution in [1.29, 1.82) is 0 Å². The molecule has 0 saturated heterocycles. The minimum Gasteiger partial charge on any atom is -0.300 e. The molecule has 7 heteroatoms. The van der Waals surface area contributed by atoms with Gasteiger partial charge in [0.1, 0.15) is 0 Å². The van der Waals surface area contributed by atoms with E-state index in [9.17, 15) is 14.4 Å². The van der Waals surface area contributed by atoms with Gasteiger partial charge in [-0.25, -0.2) is 10.6 Å². The minimum absolute atomic E-state index is 0.246. The predicted molar refractivity (Wildman–Crippen MR) is 71.4 cm³/mol. The summed E-state index contributed by atoms with van der Waals surface area (Å²) in [5.74, 6) is 4.71. The van der Waals surface area contributed by atoms with Crippen molar-refractivity contribution in [2.24, 2.45) is 5.84 Å². The van der Waals surface area contributed by atoms with Crippen molar-refractivity contribution < 1.29 is 4.79 Å². The molecule has 0 radical (unpaired) electrons. The lowest BCUT2D eigenvalue weighted by molar-refractivity contribution is -0.121. The summed E-state index contributed by atoms with van der Waals surface area (Å²) in [6.45, 7) is 2.88. The van der Waals surface area contributed by atoms with Crippen molar-refractivity contribution >= 4 is 5.91 Å². The fourth-order valence-corrected chi connectivity index (χ4v) is 1.80. The molecule has 1 amide bonds. The van der Waals surface area contributed by atoms with Crippen LogP contribution < -0.4 is 22.5 Å². The van der Waals surface area contributed by atoms with E-state index in [0.717, 1.165) is 6.42 Å². The second kappa shape index (κ2) is 7.52.